The van der Waals surface area contributed by atoms with E-state index >= 15 is 0 Å². The lowest BCUT2D eigenvalue weighted by Crippen LogP contribution is -2.27. The van der Waals surface area contributed by atoms with Gasteiger partial charge >= 0.3 is 0 Å². The fourth-order valence-electron chi connectivity index (χ4n) is 8.51. The number of halogens is 4. The van der Waals surface area contributed by atoms with Crippen LogP contribution in [0.2, 0.25) is 20.1 Å². The number of aromatic nitrogens is 3. The molecule has 0 aliphatic carbocycles. The number of hydrogen-bond donors (Lipinski definition) is 8. The van der Waals surface area contributed by atoms with Crippen molar-refractivity contribution in [3.05, 3.63) is 95.6 Å². The Balaban J connectivity index is 0.998. The van der Waals surface area contributed by atoms with Crippen molar-refractivity contribution in [3.8, 4) is 46.0 Å². The number of nitrogens with one attached hydrogen (secondary N) is 2. The van der Waals surface area contributed by atoms with E-state index in [0.29, 0.717) is 0 Å². The molecule has 0 unspecified atom stereocenters. The van der Waals surface area contributed by atoms with Crippen LogP contribution in [0.3, 0.4) is 0 Å². The molecule has 0 saturated heterocycles. The number of aryl methyl sites for hydroxylation is 1. The number of nitrogens with two attached hydrogens (primary N) is 1. The number of fused-ring (bicyclic) bond motifs is 8. The van der Waals surface area contributed by atoms with E-state index < -0.39 is 167 Å². The molecule has 9 N–H and O–H groups in total. The van der Waals surface area contributed by atoms with Crippen LogP contribution in [0.25, 0.3) is 0 Å². The molecule has 82 heavy (non-hydrogen) atoms. The van der Waals surface area contributed by atoms with Gasteiger partial charge in [-0.05, 0) is 55.0 Å². The van der Waals surface area contributed by atoms with Gasteiger partial charge in [-0.15, -0.1) is 0 Å². The number of ether oxygens (including phenoxy) is 4. The highest BCUT2D eigenvalue weighted by Gasteiger charge is 2.37. The predicted molar refractivity (Wildman–Crippen MR) is 287 cm³/mol. The minimum absolute atomic E-state index is 0.0890. The SMILES string of the molecule is Cc1ccc2c(c1S(=O)(=O)O)Oc1c(Cl)c3c(c(Cl)c1=N2)Oc1c(ccc(Nc2nc(Nc4ccc5c(c4S(=O)(=O)O)Oc4c(Cl)c6c(c(Cl)c4=N5)Oc4c(ccc(N)c4S(=O)(=O)O)N=6)nc(N(C)CCS(=O)(=O)O)n2)c1S(=O)(=O)O)N=3. The summed E-state index contributed by atoms with van der Waals surface area (Å²) in [6.07, 6.45) is 0. The van der Waals surface area contributed by atoms with Gasteiger partial charge in [0.15, 0.2) is 60.7 Å². The first kappa shape index (κ1) is 56.5. The van der Waals surface area contributed by atoms with Gasteiger partial charge < -0.3 is 40.2 Å². The second-order valence-electron chi connectivity index (χ2n) is 17.4. The zero-order chi connectivity index (χ0) is 59.2. The van der Waals surface area contributed by atoms with Crippen LogP contribution in [-0.2, 0) is 50.6 Å². The third-order valence-electron chi connectivity index (χ3n) is 12.0. The highest BCUT2D eigenvalue weighted by Crippen LogP contribution is 2.51. The van der Waals surface area contributed by atoms with E-state index in [-0.39, 0.29) is 66.3 Å². The minimum Gasteiger partial charge on any atom is -0.450 e. The standard InChI is InChI=1S/C43H27Cl4N11O19S5/c1-13-3-5-15-29(37(13)79(62,63)64)74-33-21(44)27-35(23(46)25(33)49-15)76-31-17(51-27)7-9-19(39(31)81(68,69)70)53-41-55-42(57-43(56-41)58(2)11-12-78(59,60)61)54-20-10-8-18-32(40(20)82(71,72)73)77-36-24(47)26-34(22(45)28(36)52-18)75-30-16(50-26)6-4-14(48)38(30)80(65,66)67/h3-10H,11-12,48H2,1-2H3,(H,59,60,61)(H,62,63,64)(H,65,66,67)(H,68,69,70)(H,71,72,73)(H2,53,54,55,56,57). The van der Waals surface area contributed by atoms with Crippen LogP contribution in [-0.4, -0.2) is 99.1 Å². The average Bonchev–Trinajstić information content (AvgIpc) is 1.20. The maximum atomic E-state index is 13.4. The molecule has 0 amide bonds. The molecule has 0 atom stereocenters. The van der Waals surface area contributed by atoms with E-state index in [1.54, 1.807) is 0 Å². The maximum Gasteiger partial charge on any atom is 0.300 e. The van der Waals surface area contributed by atoms with Crippen molar-refractivity contribution in [1.82, 2.24) is 15.0 Å². The maximum absolute atomic E-state index is 13.4. The van der Waals surface area contributed by atoms with Crippen molar-refractivity contribution >= 4 is 155 Å². The fourth-order valence-corrected chi connectivity index (χ4v) is 13.2. The molecule has 4 aliphatic heterocycles. The first-order chi connectivity index (χ1) is 38.2. The molecular formula is C43H27Cl4N11O19S5. The molecule has 426 valence electrons. The van der Waals surface area contributed by atoms with Gasteiger partial charge in [0.1, 0.15) is 69.2 Å². The van der Waals surface area contributed by atoms with Gasteiger partial charge in [0.2, 0.25) is 17.8 Å². The molecule has 4 aliphatic rings. The Bertz CT molecular complexity index is 4740. The van der Waals surface area contributed by atoms with E-state index in [9.17, 15) is 64.9 Å². The summed E-state index contributed by atoms with van der Waals surface area (Å²) in [5.41, 5.74) is 3.43. The summed E-state index contributed by atoms with van der Waals surface area (Å²) in [4.78, 5) is 27.7. The Morgan fingerprint density at radius 1 is 0.476 bits per heavy atom. The molecule has 30 nitrogen and oxygen atoms in total. The van der Waals surface area contributed by atoms with Crippen molar-refractivity contribution in [2.45, 2.75) is 26.5 Å². The molecule has 1 aromatic heterocycles. The minimum atomic E-state index is -5.43. The molecule has 0 fully saturated rings. The summed E-state index contributed by atoms with van der Waals surface area (Å²) in [5, 5.41) is 2.42. The number of rotatable bonds is 12. The van der Waals surface area contributed by atoms with Crippen LogP contribution in [0, 0.1) is 6.92 Å². The van der Waals surface area contributed by atoms with Crippen LogP contribution in [0.4, 0.5) is 57.7 Å². The molecule has 39 heteroatoms. The van der Waals surface area contributed by atoms with E-state index in [0.717, 1.165) is 29.2 Å². The van der Waals surface area contributed by atoms with Gasteiger partial charge in [0, 0.05) is 13.6 Å². The highest BCUT2D eigenvalue weighted by molar-refractivity contribution is 7.87. The average molecular weight is 1300 g/mol. The van der Waals surface area contributed by atoms with Crippen LogP contribution in [0.5, 0.6) is 46.0 Å². The Labute approximate surface area is 478 Å². The first-order valence-electron chi connectivity index (χ1n) is 22.1. The number of benzene rings is 6. The van der Waals surface area contributed by atoms with E-state index in [4.69, 9.17) is 71.1 Å². The third-order valence-corrected chi connectivity index (χ3v) is 17.9. The fraction of sp³-hybridized carbons (Fsp3) is 0.0930. The second kappa shape index (κ2) is 19.4. The molecule has 11 rings (SSSR count). The Morgan fingerprint density at radius 3 is 1.16 bits per heavy atom. The van der Waals surface area contributed by atoms with Crippen LogP contribution in [0.1, 0.15) is 5.56 Å². The molecular weight excluding hydrogens is 1280 g/mol. The highest BCUT2D eigenvalue weighted by atomic mass is 35.5. The summed E-state index contributed by atoms with van der Waals surface area (Å²) < 4.78 is 201. The van der Waals surface area contributed by atoms with E-state index in [1.807, 2.05) is 0 Å². The van der Waals surface area contributed by atoms with Gasteiger partial charge in [0.25, 0.3) is 50.6 Å². The smallest absolute Gasteiger partial charge is 0.300 e. The van der Waals surface area contributed by atoms with Crippen LogP contribution >= 0.6 is 46.4 Å². The summed E-state index contributed by atoms with van der Waals surface area (Å²) in [6.45, 7) is 0.872. The number of anilines is 6. The van der Waals surface area contributed by atoms with E-state index in [1.165, 1.54) is 38.2 Å². The summed E-state index contributed by atoms with van der Waals surface area (Å²) in [6, 6.07) is 9.42. The van der Waals surface area contributed by atoms with Crippen LogP contribution in [0.15, 0.2) is 88.1 Å². The Morgan fingerprint density at radius 2 is 0.805 bits per heavy atom. The van der Waals surface area contributed by atoms with Crippen molar-refractivity contribution in [3.63, 3.8) is 0 Å². The lowest BCUT2D eigenvalue weighted by molar-refractivity contribution is 0.427. The second-order valence-corrected chi connectivity index (χ2v) is 26.0. The summed E-state index contributed by atoms with van der Waals surface area (Å²) in [5.74, 6) is -6.52. The number of nitrogen functional groups attached to an aromatic ring is 1. The molecule has 6 aromatic carbocycles. The quantitative estimate of drug-likeness (QED) is 0.0484. The largest absolute Gasteiger partial charge is 0.450 e. The van der Waals surface area contributed by atoms with Crippen molar-refractivity contribution in [1.29, 1.82) is 0 Å². The van der Waals surface area contributed by atoms with E-state index in [2.05, 4.69) is 45.6 Å². The van der Waals surface area contributed by atoms with Crippen LogP contribution < -0.4 is 61.6 Å². The third kappa shape index (κ3) is 9.84. The Hall–Kier alpha value is -7.36. The predicted octanol–water partition coefficient (Wildman–Crippen LogP) is 6.40. The lowest BCUT2D eigenvalue weighted by atomic mass is 10.1. The summed E-state index contributed by atoms with van der Waals surface area (Å²) >= 11 is 27.0. The Kier molecular flexibility index (Phi) is 13.3. The molecule has 0 saturated carbocycles. The molecule has 7 aromatic rings. The van der Waals surface area contributed by atoms with Gasteiger partial charge in [-0.2, -0.15) is 57.0 Å². The zero-order valence-corrected chi connectivity index (χ0v) is 47.3. The van der Waals surface area contributed by atoms with Gasteiger partial charge in [-0.25, -0.2) is 20.0 Å². The topological polar surface area (TPSA) is 450 Å². The lowest BCUT2D eigenvalue weighted by Gasteiger charge is -2.24. The van der Waals surface area contributed by atoms with Gasteiger partial charge in [-0.1, -0.05) is 52.5 Å². The first-order valence-corrected chi connectivity index (χ1v) is 31.0. The summed E-state index contributed by atoms with van der Waals surface area (Å²) in [7, 11) is -24.1. The molecule has 0 spiro atoms. The van der Waals surface area contributed by atoms with Gasteiger partial charge in [-0.3, -0.25) is 22.8 Å². The van der Waals surface area contributed by atoms with Gasteiger partial charge in [0.05, 0.1) is 22.8 Å². The normalized spacial score (nSPS) is 13.7. The van der Waals surface area contributed by atoms with Crippen molar-refractivity contribution in [2.75, 3.05) is 40.6 Å². The number of nitrogens with zero attached hydrogens (tertiary/aromatic N) is 8. The van der Waals surface area contributed by atoms with Crippen molar-refractivity contribution in [2.24, 2.45) is 20.0 Å². The molecule has 0 radical (unpaired) electrons. The monoisotopic (exact) mass is 1300 g/mol. The number of hydrogen-bond acceptors (Lipinski definition) is 25. The molecule has 5 heterocycles. The van der Waals surface area contributed by atoms with Crippen molar-refractivity contribution < 1.29 is 83.8 Å². The zero-order valence-electron chi connectivity index (χ0n) is 40.2. The molecule has 0 bridgehead atoms.